The summed E-state index contributed by atoms with van der Waals surface area (Å²) in [6.07, 6.45) is 2.03. The van der Waals surface area contributed by atoms with Crippen molar-refractivity contribution >= 4 is 7.60 Å². The van der Waals surface area contributed by atoms with Gasteiger partial charge in [-0.15, -0.1) is 0 Å². The lowest BCUT2D eigenvalue weighted by molar-refractivity contribution is 0.223. The molecular formula is C16H27N2O3P. The molecule has 2 N–H and O–H groups in total. The Hall–Kier alpha value is -1.18. The maximum atomic E-state index is 11.3. The molecule has 22 heavy (non-hydrogen) atoms. The lowest BCUT2D eigenvalue weighted by Crippen LogP contribution is -2.00. The van der Waals surface area contributed by atoms with Crippen LogP contribution in [0.3, 0.4) is 0 Å². The van der Waals surface area contributed by atoms with E-state index in [9.17, 15) is 4.57 Å². The number of nitriles is 1. The van der Waals surface area contributed by atoms with E-state index >= 15 is 0 Å². The Bertz CT molecular complexity index is 490. The molecular weight excluding hydrogens is 299 g/mol. The number of nitrogens with two attached hydrogens (primary N) is 1. The highest BCUT2D eigenvalue weighted by Crippen LogP contribution is 2.47. The first-order chi connectivity index (χ1) is 10.5. The zero-order valence-corrected chi connectivity index (χ0v) is 14.6. The Labute approximate surface area is 134 Å². The molecule has 0 radical (unpaired) electrons. The molecule has 0 aliphatic heterocycles. The topological polar surface area (TPSA) is 85.3 Å². The van der Waals surface area contributed by atoms with Crippen molar-refractivity contribution in [2.45, 2.75) is 33.6 Å². The molecule has 0 atom stereocenters. The summed E-state index contributed by atoms with van der Waals surface area (Å²) in [7, 11) is -3.08. The molecule has 0 amide bonds. The van der Waals surface area contributed by atoms with Crippen molar-refractivity contribution < 1.29 is 13.6 Å². The summed E-state index contributed by atoms with van der Waals surface area (Å²) in [5.41, 5.74) is 8.23. The lowest BCUT2D eigenvalue weighted by Gasteiger charge is -2.12. The van der Waals surface area contributed by atoms with E-state index in [1.54, 1.807) is 19.9 Å². The molecule has 0 aromatic heterocycles. The van der Waals surface area contributed by atoms with Crippen molar-refractivity contribution in [3.63, 3.8) is 0 Å². The summed E-state index contributed by atoms with van der Waals surface area (Å²) in [6, 6.07) is 10.2. The van der Waals surface area contributed by atoms with Crippen LogP contribution in [0, 0.1) is 18.3 Å². The zero-order valence-electron chi connectivity index (χ0n) is 13.7. The first-order valence-electron chi connectivity index (χ1n) is 7.52. The Kier molecular flexibility index (Phi) is 11.7. The summed E-state index contributed by atoms with van der Waals surface area (Å²) in [5.74, 6) is 0. The van der Waals surface area contributed by atoms with Gasteiger partial charge in [-0.25, -0.2) is 0 Å². The van der Waals surface area contributed by atoms with E-state index in [4.69, 9.17) is 20.0 Å². The number of nitrogens with zero attached hydrogens (tertiary/aromatic N) is 1. The fourth-order valence-electron chi connectivity index (χ4n) is 1.79. The number of benzene rings is 1. The molecule has 5 nitrogen and oxygen atoms in total. The van der Waals surface area contributed by atoms with Gasteiger partial charge in [0.05, 0.1) is 19.3 Å². The van der Waals surface area contributed by atoms with Crippen LogP contribution in [0.2, 0.25) is 0 Å². The van der Waals surface area contributed by atoms with E-state index in [2.05, 4.69) is 31.2 Å². The fourth-order valence-corrected chi connectivity index (χ4v) is 3.01. The van der Waals surface area contributed by atoms with Gasteiger partial charge in [-0.05, 0) is 51.3 Å². The fraction of sp³-hybridized carbons (Fsp3) is 0.562. The molecule has 0 bridgehead atoms. The van der Waals surface area contributed by atoms with E-state index in [-0.39, 0.29) is 6.16 Å². The molecule has 0 unspecified atom stereocenters. The average Bonchev–Trinajstić information content (AvgIpc) is 2.48. The van der Waals surface area contributed by atoms with Gasteiger partial charge in [-0.2, -0.15) is 5.26 Å². The minimum Gasteiger partial charge on any atom is -0.330 e. The minimum absolute atomic E-state index is 0.172. The zero-order chi connectivity index (χ0) is 16.8. The van der Waals surface area contributed by atoms with Crippen molar-refractivity contribution in [3.05, 3.63) is 35.4 Å². The van der Waals surface area contributed by atoms with Crippen LogP contribution in [0.25, 0.3) is 0 Å². The number of hydrogen-bond donors (Lipinski definition) is 1. The van der Waals surface area contributed by atoms with Crippen LogP contribution >= 0.6 is 7.60 Å². The molecule has 1 aromatic rings. The van der Waals surface area contributed by atoms with Crippen molar-refractivity contribution in [2.75, 3.05) is 25.9 Å². The Morgan fingerprint density at radius 2 is 1.82 bits per heavy atom. The van der Waals surface area contributed by atoms with E-state index in [1.807, 2.05) is 0 Å². The Balaban J connectivity index is 0.000000401. The maximum absolute atomic E-state index is 11.3. The number of hydrogen-bond acceptors (Lipinski definition) is 5. The molecule has 0 saturated heterocycles. The quantitative estimate of drug-likeness (QED) is 0.737. The van der Waals surface area contributed by atoms with Gasteiger partial charge in [-0.1, -0.05) is 24.3 Å². The summed E-state index contributed by atoms with van der Waals surface area (Å²) in [4.78, 5) is 0. The third-order valence-corrected chi connectivity index (χ3v) is 4.66. The third kappa shape index (κ3) is 8.96. The molecule has 0 fully saturated rings. The summed E-state index contributed by atoms with van der Waals surface area (Å²) in [6.45, 7) is 6.96. The first kappa shape index (κ1) is 20.8. The van der Waals surface area contributed by atoms with Crippen LogP contribution in [0.1, 0.15) is 31.4 Å². The number of aryl methyl sites for hydroxylation is 2. The second kappa shape index (κ2) is 12.4. The molecule has 6 heteroatoms. The third-order valence-electron chi connectivity index (χ3n) is 2.83. The largest absolute Gasteiger partial charge is 0.344 e. The molecule has 1 aromatic carbocycles. The first-order valence-corrected chi connectivity index (χ1v) is 9.25. The van der Waals surface area contributed by atoms with E-state index in [0.29, 0.717) is 13.2 Å². The van der Waals surface area contributed by atoms with Crippen molar-refractivity contribution in [3.8, 4) is 6.07 Å². The van der Waals surface area contributed by atoms with E-state index in [0.717, 1.165) is 19.4 Å². The van der Waals surface area contributed by atoms with Crippen LogP contribution in [0.4, 0.5) is 0 Å². The molecule has 0 heterocycles. The second-order valence-corrected chi connectivity index (χ2v) is 6.64. The van der Waals surface area contributed by atoms with Gasteiger partial charge in [0.15, 0.2) is 0 Å². The molecule has 0 aliphatic rings. The van der Waals surface area contributed by atoms with Crippen molar-refractivity contribution in [1.82, 2.24) is 0 Å². The monoisotopic (exact) mass is 326 g/mol. The van der Waals surface area contributed by atoms with Crippen LogP contribution < -0.4 is 5.73 Å². The SMILES string of the molecule is CCOP(=O)(CC#N)OCC.Cc1ccccc1CCCN. The van der Waals surface area contributed by atoms with Crippen molar-refractivity contribution in [2.24, 2.45) is 5.73 Å². The minimum atomic E-state index is -3.08. The summed E-state index contributed by atoms with van der Waals surface area (Å²) in [5, 5.41) is 8.27. The van der Waals surface area contributed by atoms with E-state index < -0.39 is 7.60 Å². The van der Waals surface area contributed by atoms with Gasteiger partial charge in [-0.3, -0.25) is 4.57 Å². The van der Waals surface area contributed by atoms with Gasteiger partial charge in [0.1, 0.15) is 6.16 Å². The standard InChI is InChI=1S/C10H15N.C6H12NO3P/c1-9-5-2-3-6-10(9)7-4-8-11;1-3-9-11(8,6-5-7)10-4-2/h2-3,5-6H,4,7-8,11H2,1H3;3-4,6H2,1-2H3. The highest BCUT2D eigenvalue weighted by Gasteiger charge is 2.22. The maximum Gasteiger partial charge on any atom is 0.344 e. The number of rotatable bonds is 8. The van der Waals surface area contributed by atoms with Crippen molar-refractivity contribution in [1.29, 1.82) is 5.26 Å². The van der Waals surface area contributed by atoms with Gasteiger partial charge >= 0.3 is 7.60 Å². The van der Waals surface area contributed by atoms with Gasteiger partial charge < -0.3 is 14.8 Å². The van der Waals surface area contributed by atoms with Crippen LogP contribution in [-0.2, 0) is 20.0 Å². The van der Waals surface area contributed by atoms with Crippen LogP contribution in [0.15, 0.2) is 24.3 Å². The van der Waals surface area contributed by atoms with Crippen LogP contribution in [0.5, 0.6) is 0 Å². The average molecular weight is 326 g/mol. The Morgan fingerprint density at radius 1 is 1.23 bits per heavy atom. The van der Waals surface area contributed by atoms with Gasteiger partial charge in [0.25, 0.3) is 0 Å². The molecule has 0 aliphatic carbocycles. The summed E-state index contributed by atoms with van der Waals surface area (Å²) >= 11 is 0. The highest BCUT2D eigenvalue weighted by molar-refractivity contribution is 7.54. The normalized spacial score (nSPS) is 10.5. The molecule has 124 valence electrons. The molecule has 1 rings (SSSR count). The van der Waals surface area contributed by atoms with Gasteiger partial charge in [0, 0.05) is 0 Å². The second-order valence-electron chi connectivity index (χ2n) is 4.58. The lowest BCUT2D eigenvalue weighted by atomic mass is 10.0. The van der Waals surface area contributed by atoms with Crippen LogP contribution in [-0.4, -0.2) is 25.9 Å². The predicted molar refractivity (Wildman–Crippen MR) is 89.9 cm³/mol. The molecule has 0 saturated carbocycles. The smallest absolute Gasteiger partial charge is 0.330 e. The summed E-state index contributed by atoms with van der Waals surface area (Å²) < 4.78 is 21.0. The van der Waals surface area contributed by atoms with Gasteiger partial charge in [0.2, 0.25) is 0 Å². The highest BCUT2D eigenvalue weighted by atomic mass is 31.2. The Morgan fingerprint density at radius 3 is 2.27 bits per heavy atom. The van der Waals surface area contributed by atoms with E-state index in [1.165, 1.54) is 11.1 Å². The molecule has 0 spiro atoms. The predicted octanol–water partition coefficient (Wildman–Crippen LogP) is 3.66.